The number of nitrogens with one attached hydrogen (secondary N) is 1. The van der Waals surface area contributed by atoms with E-state index in [1.54, 1.807) is 26.1 Å². The van der Waals surface area contributed by atoms with E-state index >= 15 is 0 Å². The Morgan fingerprint density at radius 2 is 1.96 bits per heavy atom. The molecule has 24 heavy (non-hydrogen) atoms. The highest BCUT2D eigenvalue weighted by Gasteiger charge is 2.17. The first-order valence-electron chi connectivity index (χ1n) is 8.19. The number of amides is 2. The maximum absolute atomic E-state index is 12.2. The summed E-state index contributed by atoms with van der Waals surface area (Å²) in [7, 11) is 1.57. The summed E-state index contributed by atoms with van der Waals surface area (Å²) < 4.78 is 5.78. The third-order valence-corrected chi connectivity index (χ3v) is 3.71. The van der Waals surface area contributed by atoms with Gasteiger partial charge in [-0.05, 0) is 30.9 Å². The number of carbonyl (C=O) groups excluding carboxylic acids is 1. The first-order chi connectivity index (χ1) is 11.2. The van der Waals surface area contributed by atoms with E-state index in [1.807, 2.05) is 13.0 Å². The van der Waals surface area contributed by atoms with Crippen LogP contribution in [0.2, 0.25) is 0 Å². The zero-order chi connectivity index (χ0) is 18.3. The van der Waals surface area contributed by atoms with E-state index in [1.165, 1.54) is 4.90 Å². The average molecular weight is 336 g/mol. The van der Waals surface area contributed by atoms with Crippen molar-refractivity contribution in [3.8, 4) is 5.75 Å². The standard InChI is InChI=1S/C18H28N2O4/c1-12(2)8-9-24-16-10-15(7-6-13(16)3)19-18(23)20(5)11-14(4)17(21)22/h6-7,10,12,14H,8-9,11H2,1-5H3,(H,19,23)(H,21,22). The summed E-state index contributed by atoms with van der Waals surface area (Å²) in [5, 5.41) is 11.7. The van der Waals surface area contributed by atoms with Gasteiger partial charge in [0, 0.05) is 25.3 Å². The highest BCUT2D eigenvalue weighted by molar-refractivity contribution is 5.89. The van der Waals surface area contributed by atoms with Crippen molar-refractivity contribution in [2.24, 2.45) is 11.8 Å². The molecule has 0 aromatic heterocycles. The number of nitrogens with zero attached hydrogens (tertiary/aromatic N) is 1. The molecule has 6 heteroatoms. The van der Waals surface area contributed by atoms with Crippen molar-refractivity contribution in [2.75, 3.05) is 25.5 Å². The molecule has 134 valence electrons. The second-order valence-electron chi connectivity index (χ2n) is 6.56. The van der Waals surface area contributed by atoms with Gasteiger partial charge in [-0.1, -0.05) is 26.8 Å². The second kappa shape index (κ2) is 9.15. The maximum atomic E-state index is 12.2. The van der Waals surface area contributed by atoms with Gasteiger partial charge in [-0.3, -0.25) is 4.79 Å². The van der Waals surface area contributed by atoms with Gasteiger partial charge in [-0.25, -0.2) is 4.79 Å². The lowest BCUT2D eigenvalue weighted by molar-refractivity contribution is -0.141. The van der Waals surface area contributed by atoms with E-state index < -0.39 is 11.9 Å². The molecule has 1 rings (SSSR count). The summed E-state index contributed by atoms with van der Waals surface area (Å²) in [5.41, 5.74) is 1.63. The number of rotatable bonds is 8. The molecule has 1 aromatic carbocycles. The van der Waals surface area contributed by atoms with Gasteiger partial charge in [0.15, 0.2) is 0 Å². The van der Waals surface area contributed by atoms with Gasteiger partial charge in [-0.2, -0.15) is 0 Å². The van der Waals surface area contributed by atoms with E-state index in [4.69, 9.17) is 9.84 Å². The Morgan fingerprint density at radius 3 is 2.54 bits per heavy atom. The van der Waals surface area contributed by atoms with Crippen LogP contribution in [-0.4, -0.2) is 42.2 Å². The number of carboxylic acids is 1. The molecule has 0 saturated carbocycles. The van der Waals surface area contributed by atoms with E-state index in [2.05, 4.69) is 19.2 Å². The smallest absolute Gasteiger partial charge is 0.321 e. The van der Waals surface area contributed by atoms with E-state index in [0.29, 0.717) is 18.2 Å². The van der Waals surface area contributed by atoms with Gasteiger partial charge in [0.25, 0.3) is 0 Å². The van der Waals surface area contributed by atoms with Gasteiger partial charge in [0.05, 0.1) is 12.5 Å². The number of hydrogen-bond donors (Lipinski definition) is 2. The van der Waals surface area contributed by atoms with Gasteiger partial charge < -0.3 is 20.1 Å². The predicted octanol–water partition coefficient (Wildman–Crippen LogP) is 3.60. The number of aliphatic carboxylic acids is 1. The third-order valence-electron chi connectivity index (χ3n) is 3.71. The van der Waals surface area contributed by atoms with Crippen molar-refractivity contribution in [3.05, 3.63) is 23.8 Å². The molecular weight excluding hydrogens is 308 g/mol. The first-order valence-corrected chi connectivity index (χ1v) is 8.19. The van der Waals surface area contributed by atoms with Gasteiger partial charge in [-0.15, -0.1) is 0 Å². The highest BCUT2D eigenvalue weighted by Crippen LogP contribution is 2.23. The molecule has 6 nitrogen and oxygen atoms in total. The summed E-state index contributed by atoms with van der Waals surface area (Å²) in [6.07, 6.45) is 0.964. The van der Waals surface area contributed by atoms with Gasteiger partial charge in [0.2, 0.25) is 0 Å². The number of carbonyl (C=O) groups is 2. The molecule has 0 radical (unpaired) electrons. The Bertz CT molecular complexity index is 572. The number of benzene rings is 1. The lowest BCUT2D eigenvalue weighted by atomic mass is 10.1. The molecule has 0 aliphatic rings. The fourth-order valence-electron chi connectivity index (χ4n) is 2.03. The summed E-state index contributed by atoms with van der Waals surface area (Å²) in [6.45, 7) is 8.58. The number of aryl methyl sites for hydroxylation is 1. The zero-order valence-corrected chi connectivity index (χ0v) is 15.1. The first kappa shape index (κ1) is 19.8. The van der Waals surface area contributed by atoms with Crippen LogP contribution in [0.5, 0.6) is 5.75 Å². The molecule has 0 heterocycles. The monoisotopic (exact) mass is 336 g/mol. The van der Waals surface area contributed by atoms with Crippen LogP contribution in [0.3, 0.4) is 0 Å². The van der Waals surface area contributed by atoms with E-state index in [0.717, 1.165) is 17.7 Å². The molecule has 2 amide bonds. The number of ether oxygens (including phenoxy) is 1. The minimum atomic E-state index is -0.925. The molecular formula is C18H28N2O4. The summed E-state index contributed by atoms with van der Waals surface area (Å²) in [4.78, 5) is 24.4. The van der Waals surface area contributed by atoms with Crippen LogP contribution in [0, 0.1) is 18.8 Å². The maximum Gasteiger partial charge on any atom is 0.321 e. The van der Waals surface area contributed by atoms with Crippen LogP contribution in [0.25, 0.3) is 0 Å². The molecule has 0 aliphatic heterocycles. The van der Waals surface area contributed by atoms with E-state index in [-0.39, 0.29) is 12.6 Å². The number of anilines is 1. The average Bonchev–Trinajstić information content (AvgIpc) is 2.49. The molecule has 0 aliphatic carbocycles. The molecule has 1 unspecified atom stereocenters. The minimum Gasteiger partial charge on any atom is -0.493 e. The van der Waals surface area contributed by atoms with Crippen molar-refractivity contribution in [1.82, 2.24) is 4.90 Å². The van der Waals surface area contributed by atoms with Crippen LogP contribution in [0.4, 0.5) is 10.5 Å². The summed E-state index contributed by atoms with van der Waals surface area (Å²) >= 11 is 0. The predicted molar refractivity (Wildman–Crippen MR) is 94.6 cm³/mol. The van der Waals surface area contributed by atoms with Crippen molar-refractivity contribution >= 4 is 17.7 Å². The number of urea groups is 1. The Hall–Kier alpha value is -2.24. The Balaban J connectivity index is 2.66. The van der Waals surface area contributed by atoms with Gasteiger partial charge in [0.1, 0.15) is 5.75 Å². The molecule has 1 aromatic rings. The number of carboxylic acid groups (broad SMARTS) is 1. The third kappa shape index (κ3) is 6.48. The lowest BCUT2D eigenvalue weighted by Gasteiger charge is -2.20. The Kier molecular flexibility index (Phi) is 7.55. The van der Waals surface area contributed by atoms with Crippen LogP contribution >= 0.6 is 0 Å². The van der Waals surface area contributed by atoms with Crippen LogP contribution in [-0.2, 0) is 4.79 Å². The van der Waals surface area contributed by atoms with Crippen molar-refractivity contribution in [2.45, 2.75) is 34.1 Å². The number of hydrogen-bond acceptors (Lipinski definition) is 3. The molecule has 2 N–H and O–H groups in total. The normalized spacial score (nSPS) is 11.9. The molecule has 0 bridgehead atoms. The fourth-order valence-corrected chi connectivity index (χ4v) is 2.03. The van der Waals surface area contributed by atoms with Crippen LogP contribution < -0.4 is 10.1 Å². The zero-order valence-electron chi connectivity index (χ0n) is 15.1. The summed E-state index contributed by atoms with van der Waals surface area (Å²) in [6, 6.07) is 5.14. The second-order valence-corrected chi connectivity index (χ2v) is 6.56. The minimum absolute atomic E-state index is 0.144. The Morgan fingerprint density at radius 1 is 1.29 bits per heavy atom. The fraction of sp³-hybridized carbons (Fsp3) is 0.556. The van der Waals surface area contributed by atoms with Crippen LogP contribution in [0.15, 0.2) is 18.2 Å². The van der Waals surface area contributed by atoms with Crippen molar-refractivity contribution < 1.29 is 19.4 Å². The van der Waals surface area contributed by atoms with Crippen molar-refractivity contribution in [1.29, 1.82) is 0 Å². The van der Waals surface area contributed by atoms with Crippen LogP contribution in [0.1, 0.15) is 32.8 Å². The largest absolute Gasteiger partial charge is 0.493 e. The quantitative estimate of drug-likeness (QED) is 0.760. The Labute approximate surface area is 143 Å². The SMILES string of the molecule is Cc1ccc(NC(=O)N(C)CC(C)C(=O)O)cc1OCCC(C)C. The highest BCUT2D eigenvalue weighted by atomic mass is 16.5. The lowest BCUT2D eigenvalue weighted by Crippen LogP contribution is -2.36. The molecule has 0 spiro atoms. The van der Waals surface area contributed by atoms with Crippen molar-refractivity contribution in [3.63, 3.8) is 0 Å². The van der Waals surface area contributed by atoms with Gasteiger partial charge >= 0.3 is 12.0 Å². The molecule has 0 fully saturated rings. The van der Waals surface area contributed by atoms with E-state index in [9.17, 15) is 9.59 Å². The molecule has 0 saturated heterocycles. The topological polar surface area (TPSA) is 78.9 Å². The molecule has 1 atom stereocenters. The summed E-state index contributed by atoms with van der Waals surface area (Å²) in [5.74, 6) is -0.229.